The second-order valence-electron chi connectivity index (χ2n) is 5.12. The molecule has 0 aromatic heterocycles. The van der Waals surface area contributed by atoms with Gasteiger partial charge in [0.1, 0.15) is 12.4 Å². The second-order valence-corrected chi connectivity index (χ2v) is 5.12. The van der Waals surface area contributed by atoms with Gasteiger partial charge in [-0.1, -0.05) is 24.6 Å². The predicted molar refractivity (Wildman–Crippen MR) is 82.0 cm³/mol. The van der Waals surface area contributed by atoms with Gasteiger partial charge in [0.2, 0.25) is 0 Å². The van der Waals surface area contributed by atoms with Crippen LogP contribution >= 0.6 is 12.4 Å². The normalized spacial score (nSPS) is 21.5. The Morgan fingerprint density at radius 1 is 1.32 bits per heavy atom. The molecule has 2 unspecified atom stereocenters. The van der Waals surface area contributed by atoms with E-state index in [0.29, 0.717) is 6.04 Å². The van der Waals surface area contributed by atoms with Crippen LogP contribution in [0.2, 0.25) is 0 Å². The highest BCUT2D eigenvalue weighted by molar-refractivity contribution is 5.85. The lowest BCUT2D eigenvalue weighted by molar-refractivity contribution is 0.109. The van der Waals surface area contributed by atoms with E-state index in [1.54, 1.807) is 0 Å². The number of nitrogens with zero attached hydrogens (tertiary/aromatic N) is 1. The molecular formula is C15H25ClN2O. The first-order valence-corrected chi connectivity index (χ1v) is 6.95. The first-order chi connectivity index (χ1) is 8.77. The standard InChI is InChI=1S/C15H24N2O.ClH/c1-13(16)15-9-5-6-10-17(15)11-12-18-14-7-3-2-4-8-14;/h2-4,7-8,13,15H,5-6,9-12,16H2,1H3;1H. The van der Waals surface area contributed by atoms with Gasteiger partial charge in [-0.3, -0.25) is 4.90 Å². The average Bonchev–Trinajstić information content (AvgIpc) is 2.40. The fourth-order valence-corrected chi connectivity index (χ4v) is 2.69. The SMILES string of the molecule is CC(N)C1CCCCN1CCOc1ccccc1.Cl. The van der Waals surface area contributed by atoms with Crippen LogP contribution in [-0.4, -0.2) is 36.7 Å². The van der Waals surface area contributed by atoms with Crippen LogP contribution in [0.5, 0.6) is 5.75 Å². The molecule has 2 N–H and O–H groups in total. The molecule has 1 fully saturated rings. The summed E-state index contributed by atoms with van der Waals surface area (Å²) in [5.74, 6) is 0.951. The van der Waals surface area contributed by atoms with Crippen molar-refractivity contribution >= 4 is 12.4 Å². The van der Waals surface area contributed by atoms with E-state index in [4.69, 9.17) is 10.5 Å². The molecule has 3 nitrogen and oxygen atoms in total. The van der Waals surface area contributed by atoms with Gasteiger partial charge in [0.05, 0.1) is 0 Å². The van der Waals surface area contributed by atoms with Crippen LogP contribution in [0.25, 0.3) is 0 Å². The molecule has 1 heterocycles. The fraction of sp³-hybridized carbons (Fsp3) is 0.600. The largest absolute Gasteiger partial charge is 0.492 e. The van der Waals surface area contributed by atoms with Crippen molar-refractivity contribution in [2.45, 2.75) is 38.3 Å². The molecule has 1 aromatic rings. The number of likely N-dealkylation sites (tertiary alicyclic amines) is 1. The van der Waals surface area contributed by atoms with Crippen LogP contribution in [0.3, 0.4) is 0 Å². The van der Waals surface area contributed by atoms with Crippen molar-refractivity contribution in [3.63, 3.8) is 0 Å². The van der Waals surface area contributed by atoms with Gasteiger partial charge in [-0.15, -0.1) is 12.4 Å². The van der Waals surface area contributed by atoms with E-state index in [0.717, 1.165) is 25.4 Å². The summed E-state index contributed by atoms with van der Waals surface area (Å²) in [6.45, 7) is 4.99. The topological polar surface area (TPSA) is 38.5 Å². The van der Waals surface area contributed by atoms with Gasteiger partial charge < -0.3 is 10.5 Å². The van der Waals surface area contributed by atoms with Crippen molar-refractivity contribution < 1.29 is 4.74 Å². The molecule has 2 atom stereocenters. The third-order valence-corrected chi connectivity index (χ3v) is 3.66. The summed E-state index contributed by atoms with van der Waals surface area (Å²) in [5.41, 5.74) is 6.06. The van der Waals surface area contributed by atoms with Crippen molar-refractivity contribution in [3.8, 4) is 5.75 Å². The van der Waals surface area contributed by atoms with E-state index in [-0.39, 0.29) is 18.4 Å². The maximum absolute atomic E-state index is 6.06. The summed E-state index contributed by atoms with van der Waals surface area (Å²) in [6.07, 6.45) is 3.82. The monoisotopic (exact) mass is 284 g/mol. The molecule has 0 radical (unpaired) electrons. The van der Waals surface area contributed by atoms with Crippen molar-refractivity contribution in [3.05, 3.63) is 30.3 Å². The third-order valence-electron chi connectivity index (χ3n) is 3.66. The van der Waals surface area contributed by atoms with Crippen LogP contribution < -0.4 is 10.5 Å². The zero-order chi connectivity index (χ0) is 12.8. The summed E-state index contributed by atoms with van der Waals surface area (Å²) in [7, 11) is 0. The van der Waals surface area contributed by atoms with Gasteiger partial charge in [-0.2, -0.15) is 0 Å². The number of rotatable bonds is 5. The van der Waals surface area contributed by atoms with E-state index in [9.17, 15) is 0 Å². The van der Waals surface area contributed by atoms with Crippen molar-refractivity contribution in [1.82, 2.24) is 4.90 Å². The second kappa shape index (κ2) is 8.41. The maximum Gasteiger partial charge on any atom is 0.119 e. The number of hydrogen-bond acceptors (Lipinski definition) is 3. The van der Waals surface area contributed by atoms with Crippen molar-refractivity contribution in [2.75, 3.05) is 19.7 Å². The average molecular weight is 285 g/mol. The van der Waals surface area contributed by atoms with Crippen molar-refractivity contribution in [1.29, 1.82) is 0 Å². The highest BCUT2D eigenvalue weighted by Gasteiger charge is 2.24. The number of para-hydroxylation sites is 1. The minimum atomic E-state index is 0. The molecule has 0 amide bonds. The Morgan fingerprint density at radius 3 is 2.74 bits per heavy atom. The molecular weight excluding hydrogens is 260 g/mol. The summed E-state index contributed by atoms with van der Waals surface area (Å²) < 4.78 is 5.75. The van der Waals surface area contributed by atoms with Crippen LogP contribution in [-0.2, 0) is 0 Å². The number of nitrogens with two attached hydrogens (primary N) is 1. The Labute approximate surface area is 122 Å². The summed E-state index contributed by atoms with van der Waals surface area (Å²) >= 11 is 0. The zero-order valence-corrected chi connectivity index (χ0v) is 12.4. The number of piperidine rings is 1. The Morgan fingerprint density at radius 2 is 2.05 bits per heavy atom. The summed E-state index contributed by atoms with van der Waals surface area (Å²) in [5, 5.41) is 0. The van der Waals surface area contributed by atoms with E-state index in [1.165, 1.54) is 19.3 Å². The predicted octanol–water partition coefficient (Wildman–Crippen LogP) is 2.69. The molecule has 4 heteroatoms. The number of hydrogen-bond donors (Lipinski definition) is 1. The molecule has 0 saturated carbocycles. The number of benzene rings is 1. The molecule has 19 heavy (non-hydrogen) atoms. The number of halogens is 1. The Hall–Kier alpha value is -0.770. The molecule has 0 aliphatic carbocycles. The zero-order valence-electron chi connectivity index (χ0n) is 11.6. The molecule has 1 saturated heterocycles. The lowest BCUT2D eigenvalue weighted by Gasteiger charge is -2.37. The Kier molecular flexibility index (Phi) is 7.21. The third kappa shape index (κ3) is 5.01. The van der Waals surface area contributed by atoms with Gasteiger partial charge >= 0.3 is 0 Å². The lowest BCUT2D eigenvalue weighted by Crippen LogP contribution is -2.50. The van der Waals surface area contributed by atoms with Gasteiger partial charge in [-0.25, -0.2) is 0 Å². The van der Waals surface area contributed by atoms with E-state index < -0.39 is 0 Å². The molecule has 1 aliphatic rings. The molecule has 1 aromatic carbocycles. The first-order valence-electron chi connectivity index (χ1n) is 6.95. The van der Waals surface area contributed by atoms with Gasteiger partial charge in [0.15, 0.2) is 0 Å². The van der Waals surface area contributed by atoms with E-state index in [2.05, 4.69) is 11.8 Å². The van der Waals surface area contributed by atoms with E-state index in [1.807, 2.05) is 30.3 Å². The minimum Gasteiger partial charge on any atom is -0.492 e. The smallest absolute Gasteiger partial charge is 0.119 e. The lowest BCUT2D eigenvalue weighted by atomic mass is 9.97. The first kappa shape index (κ1) is 16.3. The fourth-order valence-electron chi connectivity index (χ4n) is 2.69. The Bertz CT molecular complexity index is 345. The van der Waals surface area contributed by atoms with Gasteiger partial charge in [0, 0.05) is 18.6 Å². The quantitative estimate of drug-likeness (QED) is 0.903. The molecule has 0 bridgehead atoms. The minimum absolute atomic E-state index is 0. The van der Waals surface area contributed by atoms with Crippen LogP contribution in [0.15, 0.2) is 30.3 Å². The van der Waals surface area contributed by atoms with Crippen molar-refractivity contribution in [2.24, 2.45) is 5.73 Å². The molecule has 2 rings (SSSR count). The van der Waals surface area contributed by atoms with Gasteiger partial charge in [0.25, 0.3) is 0 Å². The van der Waals surface area contributed by atoms with Crippen LogP contribution in [0.1, 0.15) is 26.2 Å². The summed E-state index contributed by atoms with van der Waals surface area (Å²) in [4.78, 5) is 2.48. The summed E-state index contributed by atoms with van der Waals surface area (Å²) in [6, 6.07) is 10.8. The van der Waals surface area contributed by atoms with Crippen LogP contribution in [0, 0.1) is 0 Å². The molecule has 0 spiro atoms. The maximum atomic E-state index is 6.06. The molecule has 1 aliphatic heterocycles. The highest BCUT2D eigenvalue weighted by atomic mass is 35.5. The highest BCUT2D eigenvalue weighted by Crippen LogP contribution is 2.18. The molecule has 108 valence electrons. The number of ether oxygens (including phenoxy) is 1. The van der Waals surface area contributed by atoms with Crippen LogP contribution in [0.4, 0.5) is 0 Å². The van der Waals surface area contributed by atoms with E-state index >= 15 is 0 Å². The van der Waals surface area contributed by atoms with Gasteiger partial charge in [-0.05, 0) is 38.4 Å². The Balaban J connectivity index is 0.00000180.